The van der Waals surface area contributed by atoms with Crippen molar-refractivity contribution in [1.82, 2.24) is 9.62 Å². The van der Waals surface area contributed by atoms with E-state index in [4.69, 9.17) is 11.6 Å². The highest BCUT2D eigenvalue weighted by Crippen LogP contribution is 2.29. The van der Waals surface area contributed by atoms with E-state index in [2.05, 4.69) is 5.32 Å². The van der Waals surface area contributed by atoms with Crippen molar-refractivity contribution in [2.75, 3.05) is 19.6 Å². The summed E-state index contributed by atoms with van der Waals surface area (Å²) in [6.45, 7) is 4.12. The number of hydrogen-bond acceptors (Lipinski definition) is 3. The minimum Gasteiger partial charge on any atom is -0.314 e. The van der Waals surface area contributed by atoms with Crippen LogP contribution in [-0.4, -0.2) is 38.4 Å². The van der Waals surface area contributed by atoms with Gasteiger partial charge in [-0.05, 0) is 62.8 Å². The zero-order valence-corrected chi connectivity index (χ0v) is 14.5. The Morgan fingerprint density at radius 1 is 1.23 bits per heavy atom. The zero-order valence-electron chi connectivity index (χ0n) is 12.9. The van der Waals surface area contributed by atoms with Gasteiger partial charge in [0.25, 0.3) is 0 Å². The average molecular weight is 343 g/mol. The predicted molar refractivity (Wildman–Crippen MR) is 88.7 cm³/mol. The van der Waals surface area contributed by atoms with Gasteiger partial charge < -0.3 is 5.32 Å². The molecule has 0 radical (unpaired) electrons. The molecule has 22 heavy (non-hydrogen) atoms. The van der Waals surface area contributed by atoms with Crippen LogP contribution in [0, 0.1) is 12.8 Å². The molecule has 1 N–H and O–H groups in total. The average Bonchev–Trinajstić information content (AvgIpc) is 3.32. The smallest absolute Gasteiger partial charge is 0.243 e. The minimum atomic E-state index is -3.42. The van der Waals surface area contributed by atoms with Crippen molar-refractivity contribution in [3.63, 3.8) is 0 Å². The first kappa shape index (κ1) is 16.2. The highest BCUT2D eigenvalue weighted by molar-refractivity contribution is 7.89. The van der Waals surface area contributed by atoms with E-state index < -0.39 is 10.0 Å². The van der Waals surface area contributed by atoms with Crippen LogP contribution in [0.3, 0.4) is 0 Å². The van der Waals surface area contributed by atoms with Crippen LogP contribution in [0.15, 0.2) is 23.1 Å². The first-order valence-electron chi connectivity index (χ1n) is 7.96. The summed E-state index contributed by atoms with van der Waals surface area (Å²) >= 11 is 6.07. The van der Waals surface area contributed by atoms with E-state index in [-0.39, 0.29) is 0 Å². The number of nitrogens with zero attached hydrogens (tertiary/aromatic N) is 1. The molecule has 0 aromatic heterocycles. The monoisotopic (exact) mass is 342 g/mol. The molecular weight excluding hydrogens is 320 g/mol. The maximum Gasteiger partial charge on any atom is 0.243 e. The summed E-state index contributed by atoms with van der Waals surface area (Å²) in [7, 11) is -3.42. The summed E-state index contributed by atoms with van der Waals surface area (Å²) in [5, 5.41) is 4.07. The van der Waals surface area contributed by atoms with E-state index in [0.717, 1.165) is 30.9 Å². The van der Waals surface area contributed by atoms with E-state index in [1.54, 1.807) is 22.5 Å². The van der Waals surface area contributed by atoms with Gasteiger partial charge in [-0.3, -0.25) is 0 Å². The van der Waals surface area contributed by atoms with E-state index >= 15 is 0 Å². The predicted octanol–water partition coefficient (Wildman–Crippen LogP) is 2.80. The lowest BCUT2D eigenvalue weighted by Crippen LogP contribution is -2.45. The molecule has 2 aliphatic rings. The van der Waals surface area contributed by atoms with Crippen LogP contribution in [0.4, 0.5) is 0 Å². The number of benzene rings is 1. The largest absolute Gasteiger partial charge is 0.314 e. The summed E-state index contributed by atoms with van der Waals surface area (Å²) in [5.74, 6) is 0.858. The maximum atomic E-state index is 12.7. The molecule has 0 bridgehead atoms. The third kappa shape index (κ3) is 3.65. The van der Waals surface area contributed by atoms with Crippen LogP contribution in [-0.2, 0) is 10.0 Å². The van der Waals surface area contributed by atoms with Crippen LogP contribution >= 0.6 is 11.6 Å². The molecule has 3 rings (SSSR count). The van der Waals surface area contributed by atoms with Crippen molar-refractivity contribution in [2.24, 2.45) is 5.92 Å². The third-order valence-electron chi connectivity index (χ3n) is 4.63. The Balaban J connectivity index is 1.62. The van der Waals surface area contributed by atoms with Crippen molar-refractivity contribution < 1.29 is 8.42 Å². The number of sulfonamides is 1. The minimum absolute atomic E-state index is 0.299. The second-order valence-corrected chi connectivity index (χ2v) is 8.79. The molecule has 0 atom stereocenters. The van der Waals surface area contributed by atoms with Gasteiger partial charge in [0.15, 0.2) is 0 Å². The normalized spacial score (nSPS) is 21.2. The Morgan fingerprint density at radius 2 is 1.91 bits per heavy atom. The fourth-order valence-electron chi connectivity index (χ4n) is 2.84. The highest BCUT2D eigenvalue weighted by Gasteiger charge is 2.30. The van der Waals surface area contributed by atoms with E-state index in [1.807, 2.05) is 6.92 Å². The molecular formula is C16H23ClN2O2S. The van der Waals surface area contributed by atoms with Gasteiger partial charge in [0.05, 0.1) is 4.90 Å². The second-order valence-electron chi connectivity index (χ2n) is 6.44. The first-order chi connectivity index (χ1) is 10.5. The van der Waals surface area contributed by atoms with Crippen molar-refractivity contribution in [3.8, 4) is 0 Å². The van der Waals surface area contributed by atoms with Crippen LogP contribution in [0.25, 0.3) is 0 Å². The molecule has 1 saturated heterocycles. The van der Waals surface area contributed by atoms with Gasteiger partial charge in [-0.2, -0.15) is 4.31 Å². The Labute approximate surface area is 137 Å². The van der Waals surface area contributed by atoms with Gasteiger partial charge in [0, 0.05) is 24.2 Å². The fourth-order valence-corrected chi connectivity index (χ4v) is 4.58. The molecule has 2 fully saturated rings. The van der Waals surface area contributed by atoms with Crippen molar-refractivity contribution in [3.05, 3.63) is 28.8 Å². The van der Waals surface area contributed by atoms with Crippen LogP contribution in [0.1, 0.15) is 31.2 Å². The maximum absolute atomic E-state index is 12.7. The van der Waals surface area contributed by atoms with Gasteiger partial charge in [-0.1, -0.05) is 17.7 Å². The number of halogens is 1. The molecule has 1 aromatic rings. The van der Waals surface area contributed by atoms with Gasteiger partial charge in [-0.25, -0.2) is 8.42 Å². The SMILES string of the molecule is Cc1ccc(S(=O)(=O)N2CCC(NCC3CC3)CC2)cc1Cl. The molecule has 0 amide bonds. The van der Waals surface area contributed by atoms with E-state index in [1.165, 1.54) is 12.8 Å². The number of rotatable bonds is 5. The Bertz CT molecular complexity index is 636. The van der Waals surface area contributed by atoms with Crippen LogP contribution < -0.4 is 5.32 Å². The molecule has 0 spiro atoms. The molecule has 4 nitrogen and oxygen atoms in total. The number of nitrogens with one attached hydrogen (secondary N) is 1. The van der Waals surface area contributed by atoms with Gasteiger partial charge >= 0.3 is 0 Å². The summed E-state index contributed by atoms with van der Waals surface area (Å²) < 4.78 is 26.9. The summed E-state index contributed by atoms with van der Waals surface area (Å²) in [4.78, 5) is 0.299. The van der Waals surface area contributed by atoms with Gasteiger partial charge in [0.2, 0.25) is 10.0 Å². The summed E-state index contributed by atoms with van der Waals surface area (Å²) in [5.41, 5.74) is 0.892. The zero-order chi connectivity index (χ0) is 15.7. The molecule has 1 aliphatic carbocycles. The standard InChI is InChI=1S/C16H23ClN2O2S/c1-12-2-5-15(10-16(12)17)22(20,21)19-8-6-14(7-9-19)18-11-13-3-4-13/h2,5,10,13-14,18H,3-4,6-9,11H2,1H3. The molecule has 6 heteroatoms. The van der Waals surface area contributed by atoms with Crippen molar-refractivity contribution in [1.29, 1.82) is 0 Å². The highest BCUT2D eigenvalue weighted by atomic mass is 35.5. The number of piperidine rings is 1. The molecule has 1 saturated carbocycles. The van der Waals surface area contributed by atoms with E-state index in [0.29, 0.717) is 29.0 Å². The lowest BCUT2D eigenvalue weighted by Gasteiger charge is -2.31. The van der Waals surface area contributed by atoms with Crippen molar-refractivity contribution in [2.45, 2.75) is 43.5 Å². The Morgan fingerprint density at radius 3 is 2.50 bits per heavy atom. The lowest BCUT2D eigenvalue weighted by atomic mass is 10.1. The summed E-state index contributed by atoms with van der Waals surface area (Å²) in [6.07, 6.45) is 4.44. The van der Waals surface area contributed by atoms with E-state index in [9.17, 15) is 8.42 Å². The quantitative estimate of drug-likeness (QED) is 0.895. The molecule has 1 aromatic carbocycles. The second kappa shape index (κ2) is 6.48. The topological polar surface area (TPSA) is 49.4 Å². The molecule has 1 aliphatic heterocycles. The molecule has 1 heterocycles. The number of aryl methyl sites for hydroxylation is 1. The fraction of sp³-hybridized carbons (Fsp3) is 0.625. The Kier molecular flexibility index (Phi) is 4.78. The third-order valence-corrected chi connectivity index (χ3v) is 6.93. The summed E-state index contributed by atoms with van der Waals surface area (Å²) in [6, 6.07) is 5.42. The molecule has 0 unspecified atom stereocenters. The van der Waals surface area contributed by atoms with Crippen LogP contribution in [0.5, 0.6) is 0 Å². The number of hydrogen-bond donors (Lipinski definition) is 1. The van der Waals surface area contributed by atoms with Gasteiger partial charge in [0.1, 0.15) is 0 Å². The first-order valence-corrected chi connectivity index (χ1v) is 9.78. The lowest BCUT2D eigenvalue weighted by molar-refractivity contribution is 0.288. The Hall–Kier alpha value is -0.620. The van der Waals surface area contributed by atoms with Crippen LogP contribution in [0.2, 0.25) is 5.02 Å². The van der Waals surface area contributed by atoms with Crippen molar-refractivity contribution >= 4 is 21.6 Å². The van der Waals surface area contributed by atoms with Gasteiger partial charge in [-0.15, -0.1) is 0 Å². The molecule has 122 valence electrons.